The van der Waals surface area contributed by atoms with Crippen LogP contribution < -0.4 is 4.74 Å². The van der Waals surface area contributed by atoms with Crippen molar-refractivity contribution in [2.45, 2.75) is 52.7 Å². The van der Waals surface area contributed by atoms with Crippen LogP contribution >= 0.6 is 0 Å². The Labute approximate surface area is 109 Å². The van der Waals surface area contributed by atoms with Gasteiger partial charge in [0.15, 0.2) is 0 Å². The standard InChI is InChI=1S/C15H23NO2/c1-10-4-11(2)6-14(5-10)18-15-8-13(9-17)7-12(3)16-15/h7-8,10-11,14,17H,4-6,9H2,1-3H3. The van der Waals surface area contributed by atoms with Crippen molar-refractivity contribution in [1.29, 1.82) is 0 Å². The zero-order valence-electron chi connectivity index (χ0n) is 11.5. The number of nitrogens with zero attached hydrogens (tertiary/aromatic N) is 1. The van der Waals surface area contributed by atoms with E-state index in [0.29, 0.717) is 5.88 Å². The van der Waals surface area contributed by atoms with Gasteiger partial charge in [-0.15, -0.1) is 0 Å². The summed E-state index contributed by atoms with van der Waals surface area (Å²) >= 11 is 0. The molecule has 0 radical (unpaired) electrons. The van der Waals surface area contributed by atoms with Crippen LogP contribution in [0.3, 0.4) is 0 Å². The van der Waals surface area contributed by atoms with Gasteiger partial charge in [-0.1, -0.05) is 13.8 Å². The van der Waals surface area contributed by atoms with Crippen LogP contribution in [-0.2, 0) is 6.61 Å². The summed E-state index contributed by atoms with van der Waals surface area (Å²) in [5, 5.41) is 9.19. The Morgan fingerprint density at radius 2 is 1.89 bits per heavy atom. The summed E-state index contributed by atoms with van der Waals surface area (Å²) in [5.74, 6) is 2.10. The molecule has 18 heavy (non-hydrogen) atoms. The van der Waals surface area contributed by atoms with E-state index in [1.54, 1.807) is 0 Å². The highest BCUT2D eigenvalue weighted by Crippen LogP contribution is 2.31. The van der Waals surface area contributed by atoms with Crippen LogP contribution in [0.5, 0.6) is 5.88 Å². The third kappa shape index (κ3) is 3.45. The minimum Gasteiger partial charge on any atom is -0.474 e. The van der Waals surface area contributed by atoms with E-state index in [1.165, 1.54) is 6.42 Å². The fraction of sp³-hybridized carbons (Fsp3) is 0.667. The summed E-state index contributed by atoms with van der Waals surface area (Å²) in [6.45, 7) is 6.54. The molecular formula is C15H23NO2. The maximum atomic E-state index is 9.19. The first-order valence-electron chi connectivity index (χ1n) is 6.82. The predicted octanol–water partition coefficient (Wildman–Crippen LogP) is 3.09. The summed E-state index contributed by atoms with van der Waals surface area (Å²) in [6, 6.07) is 3.73. The Morgan fingerprint density at radius 1 is 1.22 bits per heavy atom. The van der Waals surface area contributed by atoms with Crippen molar-refractivity contribution in [3.63, 3.8) is 0 Å². The average Bonchev–Trinajstić information content (AvgIpc) is 2.26. The molecule has 2 atom stereocenters. The first kappa shape index (κ1) is 13.3. The maximum Gasteiger partial charge on any atom is 0.214 e. The second-order valence-corrected chi connectivity index (χ2v) is 5.77. The molecule has 2 unspecified atom stereocenters. The molecule has 1 aromatic heterocycles. The molecule has 0 spiro atoms. The van der Waals surface area contributed by atoms with Crippen molar-refractivity contribution >= 4 is 0 Å². The third-order valence-corrected chi connectivity index (χ3v) is 3.59. The van der Waals surface area contributed by atoms with Gasteiger partial charge in [0.1, 0.15) is 6.10 Å². The fourth-order valence-corrected chi connectivity index (χ4v) is 3.00. The van der Waals surface area contributed by atoms with E-state index in [0.717, 1.165) is 35.9 Å². The lowest BCUT2D eigenvalue weighted by Gasteiger charge is -2.31. The molecule has 1 saturated carbocycles. The summed E-state index contributed by atoms with van der Waals surface area (Å²) in [4.78, 5) is 4.39. The number of rotatable bonds is 3. The smallest absolute Gasteiger partial charge is 0.214 e. The zero-order valence-corrected chi connectivity index (χ0v) is 11.5. The van der Waals surface area contributed by atoms with Gasteiger partial charge in [0.25, 0.3) is 0 Å². The summed E-state index contributed by atoms with van der Waals surface area (Å²) in [7, 11) is 0. The molecule has 1 aromatic rings. The first-order chi connectivity index (χ1) is 8.56. The summed E-state index contributed by atoms with van der Waals surface area (Å²) in [5.41, 5.74) is 1.77. The lowest BCUT2D eigenvalue weighted by molar-refractivity contribution is 0.0963. The van der Waals surface area contributed by atoms with E-state index in [2.05, 4.69) is 18.8 Å². The van der Waals surface area contributed by atoms with Gasteiger partial charge in [0.05, 0.1) is 6.61 Å². The highest BCUT2D eigenvalue weighted by atomic mass is 16.5. The molecule has 100 valence electrons. The largest absolute Gasteiger partial charge is 0.474 e. The van der Waals surface area contributed by atoms with Crippen LogP contribution in [0, 0.1) is 18.8 Å². The van der Waals surface area contributed by atoms with Gasteiger partial charge in [0.2, 0.25) is 5.88 Å². The first-order valence-corrected chi connectivity index (χ1v) is 6.82. The Hall–Kier alpha value is -1.09. The van der Waals surface area contributed by atoms with Crippen LogP contribution in [0.2, 0.25) is 0 Å². The van der Waals surface area contributed by atoms with Crippen LogP contribution in [-0.4, -0.2) is 16.2 Å². The maximum absolute atomic E-state index is 9.19. The van der Waals surface area contributed by atoms with Gasteiger partial charge < -0.3 is 9.84 Å². The number of aromatic nitrogens is 1. The lowest BCUT2D eigenvalue weighted by Crippen LogP contribution is -2.28. The normalized spacial score (nSPS) is 28.1. The van der Waals surface area contributed by atoms with E-state index in [4.69, 9.17) is 4.74 Å². The van der Waals surface area contributed by atoms with E-state index in [1.807, 2.05) is 19.1 Å². The molecule has 1 aliphatic rings. The van der Waals surface area contributed by atoms with Crippen molar-refractivity contribution < 1.29 is 9.84 Å². The molecule has 1 N–H and O–H groups in total. The lowest BCUT2D eigenvalue weighted by atomic mass is 9.82. The van der Waals surface area contributed by atoms with Gasteiger partial charge in [-0.05, 0) is 49.7 Å². The summed E-state index contributed by atoms with van der Waals surface area (Å²) in [6.07, 6.45) is 3.77. The molecular weight excluding hydrogens is 226 g/mol. The Balaban J connectivity index is 2.06. The van der Waals surface area contributed by atoms with Crippen LogP contribution in [0.25, 0.3) is 0 Å². The van der Waals surface area contributed by atoms with Crippen molar-refractivity contribution in [3.05, 3.63) is 23.4 Å². The van der Waals surface area contributed by atoms with Crippen LogP contribution in [0.1, 0.15) is 44.4 Å². The third-order valence-electron chi connectivity index (χ3n) is 3.59. The molecule has 1 aliphatic carbocycles. The van der Waals surface area contributed by atoms with Gasteiger partial charge in [-0.25, -0.2) is 4.98 Å². The zero-order chi connectivity index (χ0) is 13.1. The van der Waals surface area contributed by atoms with E-state index < -0.39 is 0 Å². The Bertz CT molecular complexity index is 395. The SMILES string of the molecule is Cc1cc(CO)cc(OC2CC(C)CC(C)C2)n1. The van der Waals surface area contributed by atoms with Gasteiger partial charge in [0, 0.05) is 11.8 Å². The number of aliphatic hydroxyl groups excluding tert-OH is 1. The number of aliphatic hydroxyl groups is 1. The monoisotopic (exact) mass is 249 g/mol. The molecule has 0 saturated heterocycles. The highest BCUT2D eigenvalue weighted by molar-refractivity contribution is 5.24. The number of aryl methyl sites for hydroxylation is 1. The molecule has 1 fully saturated rings. The minimum absolute atomic E-state index is 0.0389. The Kier molecular flexibility index (Phi) is 4.23. The highest BCUT2D eigenvalue weighted by Gasteiger charge is 2.25. The van der Waals surface area contributed by atoms with Crippen LogP contribution in [0.15, 0.2) is 12.1 Å². The fourth-order valence-electron chi connectivity index (χ4n) is 3.00. The van der Waals surface area contributed by atoms with Gasteiger partial charge in [-0.2, -0.15) is 0 Å². The average molecular weight is 249 g/mol. The van der Waals surface area contributed by atoms with E-state index in [9.17, 15) is 5.11 Å². The van der Waals surface area contributed by atoms with Crippen LogP contribution in [0.4, 0.5) is 0 Å². The quantitative estimate of drug-likeness (QED) is 0.895. The van der Waals surface area contributed by atoms with Gasteiger partial charge in [-0.3, -0.25) is 0 Å². The number of pyridine rings is 1. The second-order valence-electron chi connectivity index (χ2n) is 5.77. The number of ether oxygens (including phenoxy) is 1. The van der Waals surface area contributed by atoms with Crippen molar-refractivity contribution in [2.75, 3.05) is 0 Å². The molecule has 3 nitrogen and oxygen atoms in total. The molecule has 0 aliphatic heterocycles. The van der Waals surface area contributed by atoms with Crippen molar-refractivity contribution in [1.82, 2.24) is 4.98 Å². The Morgan fingerprint density at radius 3 is 2.50 bits per heavy atom. The van der Waals surface area contributed by atoms with E-state index >= 15 is 0 Å². The molecule has 0 amide bonds. The summed E-state index contributed by atoms with van der Waals surface area (Å²) < 4.78 is 6.00. The second kappa shape index (κ2) is 5.70. The van der Waals surface area contributed by atoms with Crippen molar-refractivity contribution in [2.24, 2.45) is 11.8 Å². The molecule has 1 heterocycles. The van der Waals surface area contributed by atoms with Crippen molar-refractivity contribution in [3.8, 4) is 5.88 Å². The van der Waals surface area contributed by atoms with E-state index in [-0.39, 0.29) is 12.7 Å². The molecule has 3 heteroatoms. The predicted molar refractivity (Wildman–Crippen MR) is 71.5 cm³/mol. The molecule has 0 aromatic carbocycles. The molecule has 2 rings (SSSR count). The topological polar surface area (TPSA) is 42.4 Å². The minimum atomic E-state index is 0.0389. The van der Waals surface area contributed by atoms with Gasteiger partial charge >= 0.3 is 0 Å². The number of hydrogen-bond acceptors (Lipinski definition) is 3. The molecule has 0 bridgehead atoms. The number of hydrogen-bond donors (Lipinski definition) is 1.